The number of benzene rings is 1. The Kier molecular flexibility index (Phi) is 5.83. The van der Waals surface area contributed by atoms with Gasteiger partial charge in [-0.25, -0.2) is 4.79 Å². The molecule has 0 amide bonds. The summed E-state index contributed by atoms with van der Waals surface area (Å²) in [6.07, 6.45) is 1.58. The fraction of sp³-hybridized carbons (Fsp3) is 0.533. The molecular formula is C15H22O4. The minimum atomic E-state index is -0.491. The molecular weight excluding hydrogens is 244 g/mol. The van der Waals surface area contributed by atoms with Crippen LogP contribution in [-0.2, 0) is 16.0 Å². The SMILES string of the molecule is CC(C)(C)OC(=O)COc1ccc(CCCO)cc1. The molecule has 106 valence electrons. The molecule has 0 aromatic heterocycles. The van der Waals surface area contributed by atoms with Gasteiger partial charge in [-0.1, -0.05) is 12.1 Å². The van der Waals surface area contributed by atoms with E-state index in [0.29, 0.717) is 5.75 Å². The second kappa shape index (κ2) is 7.14. The first-order valence-electron chi connectivity index (χ1n) is 6.45. The van der Waals surface area contributed by atoms with Crippen molar-refractivity contribution in [3.63, 3.8) is 0 Å². The van der Waals surface area contributed by atoms with E-state index in [1.807, 2.05) is 45.0 Å². The third kappa shape index (κ3) is 6.82. The molecule has 0 spiro atoms. The number of ether oxygens (including phenoxy) is 2. The minimum Gasteiger partial charge on any atom is -0.482 e. The Morgan fingerprint density at radius 3 is 2.37 bits per heavy atom. The van der Waals surface area contributed by atoms with Crippen LogP contribution in [0.15, 0.2) is 24.3 Å². The fourth-order valence-electron chi connectivity index (χ4n) is 1.55. The van der Waals surface area contributed by atoms with E-state index in [1.165, 1.54) is 0 Å². The summed E-state index contributed by atoms with van der Waals surface area (Å²) >= 11 is 0. The van der Waals surface area contributed by atoms with Crippen LogP contribution in [0, 0.1) is 0 Å². The van der Waals surface area contributed by atoms with E-state index in [1.54, 1.807) is 0 Å². The summed E-state index contributed by atoms with van der Waals surface area (Å²) in [5.74, 6) is 0.260. The van der Waals surface area contributed by atoms with Crippen LogP contribution >= 0.6 is 0 Å². The molecule has 0 radical (unpaired) electrons. The molecule has 0 saturated heterocycles. The largest absolute Gasteiger partial charge is 0.482 e. The maximum absolute atomic E-state index is 11.5. The van der Waals surface area contributed by atoms with E-state index in [9.17, 15) is 4.79 Å². The lowest BCUT2D eigenvalue weighted by molar-refractivity contribution is -0.157. The van der Waals surface area contributed by atoms with E-state index < -0.39 is 5.60 Å². The lowest BCUT2D eigenvalue weighted by Crippen LogP contribution is -2.27. The normalized spacial score (nSPS) is 11.2. The molecule has 1 rings (SSSR count). The van der Waals surface area contributed by atoms with Gasteiger partial charge >= 0.3 is 5.97 Å². The second-order valence-corrected chi connectivity index (χ2v) is 5.35. The van der Waals surface area contributed by atoms with Gasteiger partial charge in [0.25, 0.3) is 0 Å². The Morgan fingerprint density at radius 1 is 1.21 bits per heavy atom. The van der Waals surface area contributed by atoms with E-state index in [2.05, 4.69) is 0 Å². The Bertz CT molecular complexity index is 390. The number of carbonyl (C=O) groups excluding carboxylic acids is 1. The van der Waals surface area contributed by atoms with Crippen molar-refractivity contribution in [1.82, 2.24) is 0 Å². The van der Waals surface area contributed by atoms with Crippen molar-refractivity contribution in [2.45, 2.75) is 39.2 Å². The van der Waals surface area contributed by atoms with Gasteiger partial charge in [0.05, 0.1) is 0 Å². The average molecular weight is 266 g/mol. The van der Waals surface area contributed by atoms with Crippen LogP contribution in [0.2, 0.25) is 0 Å². The Labute approximate surface area is 114 Å². The van der Waals surface area contributed by atoms with Gasteiger partial charge in [0.2, 0.25) is 0 Å². The van der Waals surface area contributed by atoms with Gasteiger partial charge in [0.15, 0.2) is 6.61 Å². The smallest absolute Gasteiger partial charge is 0.344 e. The van der Waals surface area contributed by atoms with Gasteiger partial charge in [-0.05, 0) is 51.3 Å². The number of aliphatic hydroxyl groups excluding tert-OH is 1. The Hall–Kier alpha value is -1.55. The van der Waals surface area contributed by atoms with Gasteiger partial charge in [0, 0.05) is 6.61 Å². The maximum atomic E-state index is 11.5. The van der Waals surface area contributed by atoms with Crippen LogP contribution in [0.1, 0.15) is 32.8 Å². The van der Waals surface area contributed by atoms with Crippen LogP contribution in [-0.4, -0.2) is 29.9 Å². The van der Waals surface area contributed by atoms with Gasteiger partial charge in [-0.15, -0.1) is 0 Å². The maximum Gasteiger partial charge on any atom is 0.344 e. The van der Waals surface area contributed by atoms with Gasteiger partial charge in [-0.2, -0.15) is 0 Å². The van der Waals surface area contributed by atoms with E-state index in [-0.39, 0.29) is 19.2 Å². The summed E-state index contributed by atoms with van der Waals surface area (Å²) < 4.78 is 10.5. The van der Waals surface area contributed by atoms with Crippen molar-refractivity contribution in [1.29, 1.82) is 0 Å². The number of rotatable bonds is 6. The highest BCUT2D eigenvalue weighted by atomic mass is 16.6. The lowest BCUT2D eigenvalue weighted by Gasteiger charge is -2.19. The monoisotopic (exact) mass is 266 g/mol. The van der Waals surface area contributed by atoms with Crippen molar-refractivity contribution in [3.05, 3.63) is 29.8 Å². The van der Waals surface area contributed by atoms with Crippen LogP contribution in [0.4, 0.5) is 0 Å². The number of esters is 1. The molecule has 19 heavy (non-hydrogen) atoms. The molecule has 0 aliphatic rings. The highest BCUT2D eigenvalue weighted by Gasteiger charge is 2.16. The predicted molar refractivity (Wildman–Crippen MR) is 73.2 cm³/mol. The summed E-state index contributed by atoms with van der Waals surface area (Å²) in [5, 5.41) is 8.74. The molecule has 1 aromatic rings. The molecule has 0 unspecified atom stereocenters. The molecule has 0 atom stereocenters. The standard InChI is InChI=1S/C15H22O4/c1-15(2,3)19-14(17)11-18-13-8-6-12(7-9-13)5-4-10-16/h6-9,16H,4-5,10-11H2,1-3H3. The lowest BCUT2D eigenvalue weighted by atomic mass is 10.1. The first kappa shape index (κ1) is 15.5. The second-order valence-electron chi connectivity index (χ2n) is 5.35. The van der Waals surface area contributed by atoms with Crippen LogP contribution in [0.3, 0.4) is 0 Å². The summed E-state index contributed by atoms with van der Waals surface area (Å²) in [7, 11) is 0. The summed E-state index contributed by atoms with van der Waals surface area (Å²) in [6.45, 7) is 5.56. The summed E-state index contributed by atoms with van der Waals surface area (Å²) in [4.78, 5) is 11.5. The van der Waals surface area contributed by atoms with Gasteiger partial charge in [0.1, 0.15) is 11.4 Å². The third-order valence-corrected chi connectivity index (χ3v) is 2.32. The number of carbonyl (C=O) groups is 1. The minimum absolute atomic E-state index is 0.0900. The number of aryl methyl sites for hydroxylation is 1. The predicted octanol–water partition coefficient (Wildman–Crippen LogP) is 2.33. The summed E-state index contributed by atoms with van der Waals surface area (Å²) in [5.41, 5.74) is 0.646. The molecule has 0 aliphatic carbocycles. The van der Waals surface area contributed by atoms with E-state index in [0.717, 1.165) is 18.4 Å². The zero-order valence-electron chi connectivity index (χ0n) is 11.8. The van der Waals surface area contributed by atoms with Crippen molar-refractivity contribution in [3.8, 4) is 5.75 Å². The molecule has 0 aliphatic heterocycles. The molecule has 1 aromatic carbocycles. The van der Waals surface area contributed by atoms with Crippen molar-refractivity contribution < 1.29 is 19.4 Å². The fourth-order valence-corrected chi connectivity index (χ4v) is 1.55. The van der Waals surface area contributed by atoms with Crippen LogP contribution in [0.25, 0.3) is 0 Å². The molecule has 4 heteroatoms. The third-order valence-electron chi connectivity index (χ3n) is 2.32. The quantitative estimate of drug-likeness (QED) is 0.803. The Balaban J connectivity index is 2.39. The molecule has 4 nitrogen and oxygen atoms in total. The van der Waals surface area contributed by atoms with Crippen molar-refractivity contribution in [2.75, 3.05) is 13.2 Å². The number of aliphatic hydroxyl groups is 1. The topological polar surface area (TPSA) is 55.8 Å². The summed E-state index contributed by atoms with van der Waals surface area (Å²) in [6, 6.07) is 7.49. The molecule has 1 N–H and O–H groups in total. The highest BCUT2D eigenvalue weighted by molar-refractivity contribution is 5.71. The first-order chi connectivity index (χ1) is 8.90. The average Bonchev–Trinajstić information content (AvgIpc) is 2.33. The molecule has 0 saturated carbocycles. The first-order valence-corrected chi connectivity index (χ1v) is 6.45. The molecule has 0 bridgehead atoms. The zero-order valence-corrected chi connectivity index (χ0v) is 11.8. The number of hydrogen-bond donors (Lipinski definition) is 1. The van der Waals surface area contributed by atoms with Crippen molar-refractivity contribution in [2.24, 2.45) is 0 Å². The van der Waals surface area contributed by atoms with Crippen LogP contribution < -0.4 is 4.74 Å². The van der Waals surface area contributed by atoms with Gasteiger partial charge in [-0.3, -0.25) is 0 Å². The number of hydrogen-bond acceptors (Lipinski definition) is 4. The van der Waals surface area contributed by atoms with Gasteiger partial charge < -0.3 is 14.6 Å². The van der Waals surface area contributed by atoms with E-state index >= 15 is 0 Å². The zero-order chi connectivity index (χ0) is 14.3. The molecule has 0 heterocycles. The Morgan fingerprint density at radius 2 is 1.84 bits per heavy atom. The van der Waals surface area contributed by atoms with Crippen LogP contribution in [0.5, 0.6) is 5.75 Å². The molecule has 0 fully saturated rings. The van der Waals surface area contributed by atoms with Crippen molar-refractivity contribution >= 4 is 5.97 Å². The van der Waals surface area contributed by atoms with E-state index in [4.69, 9.17) is 14.6 Å². The highest BCUT2D eigenvalue weighted by Crippen LogP contribution is 2.14.